The maximum Gasteiger partial charge on any atom is 0.263 e. The Morgan fingerprint density at radius 1 is 1.46 bits per heavy atom. The zero-order chi connectivity index (χ0) is 18.9. The predicted molar refractivity (Wildman–Crippen MR) is 99.6 cm³/mol. The number of carbonyl (C=O) groups excluding carboxylic acids is 1. The molecule has 9 nitrogen and oxygen atoms in total. The fourth-order valence-corrected chi connectivity index (χ4v) is 3.51. The SMILES string of the molecule is C[Si](C)(C)CCOCn1cc2c(=O)n(C3COCN3)cc(C(N)=O)c2n1. The number of hydrogen-bond donors (Lipinski definition) is 2. The van der Waals surface area contributed by atoms with Crippen molar-refractivity contribution in [3.05, 3.63) is 28.3 Å². The van der Waals surface area contributed by atoms with Gasteiger partial charge >= 0.3 is 0 Å². The van der Waals surface area contributed by atoms with E-state index in [1.165, 1.54) is 15.4 Å². The van der Waals surface area contributed by atoms with Crippen molar-refractivity contribution in [3.8, 4) is 0 Å². The van der Waals surface area contributed by atoms with Gasteiger partial charge in [-0.1, -0.05) is 19.6 Å². The standard InChI is InChI=1S/C16H25N5O4Si/c1-26(2,3)5-4-24-10-20-6-12-14(19-20)11(15(17)22)7-21(16(12)23)13-8-25-9-18-13/h6-7,13,18H,4-5,8-10H2,1-3H3,(H2,17,22). The molecule has 1 aliphatic heterocycles. The Morgan fingerprint density at radius 2 is 2.23 bits per heavy atom. The van der Waals surface area contributed by atoms with Crippen molar-refractivity contribution in [2.24, 2.45) is 5.73 Å². The Labute approximate surface area is 152 Å². The zero-order valence-electron chi connectivity index (χ0n) is 15.3. The molecule has 0 spiro atoms. The summed E-state index contributed by atoms with van der Waals surface area (Å²) in [7, 11) is -1.17. The second kappa shape index (κ2) is 7.31. The zero-order valence-corrected chi connectivity index (χ0v) is 16.3. The second-order valence-electron chi connectivity index (χ2n) is 7.63. The van der Waals surface area contributed by atoms with E-state index in [2.05, 4.69) is 30.1 Å². The maximum atomic E-state index is 12.8. The summed E-state index contributed by atoms with van der Waals surface area (Å²) in [6.45, 7) is 8.40. The Kier molecular flexibility index (Phi) is 5.28. The number of carbonyl (C=O) groups is 1. The van der Waals surface area contributed by atoms with Crippen molar-refractivity contribution in [2.45, 2.75) is 38.6 Å². The van der Waals surface area contributed by atoms with Gasteiger partial charge in [-0.3, -0.25) is 19.5 Å². The molecule has 1 unspecified atom stereocenters. The van der Waals surface area contributed by atoms with E-state index in [9.17, 15) is 9.59 Å². The van der Waals surface area contributed by atoms with Gasteiger partial charge in [-0.15, -0.1) is 0 Å². The van der Waals surface area contributed by atoms with Crippen LogP contribution in [0.3, 0.4) is 0 Å². The molecule has 1 fully saturated rings. The molecule has 2 aromatic rings. The molecule has 10 heteroatoms. The molecule has 1 atom stereocenters. The van der Waals surface area contributed by atoms with Gasteiger partial charge in [-0.05, 0) is 6.04 Å². The molecule has 0 radical (unpaired) electrons. The second-order valence-corrected chi connectivity index (χ2v) is 13.3. The molecule has 3 heterocycles. The minimum atomic E-state index is -1.17. The third-order valence-electron chi connectivity index (χ3n) is 4.27. The molecule has 1 amide bonds. The first-order valence-corrected chi connectivity index (χ1v) is 12.3. The third-order valence-corrected chi connectivity index (χ3v) is 5.97. The van der Waals surface area contributed by atoms with Crippen LogP contribution in [-0.4, -0.2) is 48.3 Å². The van der Waals surface area contributed by atoms with E-state index in [-0.39, 0.29) is 24.0 Å². The van der Waals surface area contributed by atoms with Crippen molar-refractivity contribution in [1.29, 1.82) is 0 Å². The number of ether oxygens (including phenoxy) is 2. The van der Waals surface area contributed by atoms with Crippen molar-refractivity contribution < 1.29 is 14.3 Å². The van der Waals surface area contributed by atoms with E-state index in [0.717, 1.165) is 6.04 Å². The number of pyridine rings is 1. The van der Waals surface area contributed by atoms with Crippen LogP contribution in [0.5, 0.6) is 0 Å². The van der Waals surface area contributed by atoms with Crippen molar-refractivity contribution in [3.63, 3.8) is 0 Å². The summed E-state index contributed by atoms with van der Waals surface area (Å²) < 4.78 is 13.9. The van der Waals surface area contributed by atoms with E-state index in [1.54, 1.807) is 6.20 Å². The van der Waals surface area contributed by atoms with Crippen molar-refractivity contribution >= 4 is 24.9 Å². The topological polar surface area (TPSA) is 113 Å². The number of nitrogens with zero attached hydrogens (tertiary/aromatic N) is 3. The van der Waals surface area contributed by atoms with Crippen molar-refractivity contribution in [1.82, 2.24) is 19.7 Å². The van der Waals surface area contributed by atoms with Crippen molar-refractivity contribution in [2.75, 3.05) is 19.9 Å². The van der Waals surface area contributed by atoms with Crippen LogP contribution in [-0.2, 0) is 16.2 Å². The van der Waals surface area contributed by atoms with Crippen LogP contribution in [0, 0.1) is 0 Å². The normalized spacial score (nSPS) is 17.9. The summed E-state index contributed by atoms with van der Waals surface area (Å²) in [5.41, 5.74) is 5.75. The summed E-state index contributed by atoms with van der Waals surface area (Å²) in [6, 6.07) is 1.04. The van der Waals surface area contributed by atoms with E-state index >= 15 is 0 Å². The fraction of sp³-hybridized carbons (Fsp3) is 0.562. The van der Waals surface area contributed by atoms with E-state index in [0.29, 0.717) is 30.8 Å². The van der Waals surface area contributed by atoms with Gasteiger partial charge in [-0.25, -0.2) is 4.68 Å². The highest BCUT2D eigenvalue weighted by atomic mass is 28.3. The van der Waals surface area contributed by atoms with Gasteiger partial charge in [0.05, 0.1) is 24.3 Å². The molecule has 3 N–H and O–H groups in total. The van der Waals surface area contributed by atoms with Gasteiger partial charge in [0, 0.05) is 27.1 Å². The number of rotatable bonds is 7. The number of aromatic nitrogens is 3. The highest BCUT2D eigenvalue weighted by Gasteiger charge is 2.23. The number of nitrogens with two attached hydrogens (primary N) is 1. The minimum absolute atomic E-state index is 0.203. The lowest BCUT2D eigenvalue weighted by Crippen LogP contribution is -2.32. The van der Waals surface area contributed by atoms with E-state index in [4.69, 9.17) is 15.2 Å². The summed E-state index contributed by atoms with van der Waals surface area (Å²) in [4.78, 5) is 24.6. The van der Waals surface area contributed by atoms with Gasteiger partial charge < -0.3 is 15.2 Å². The number of fused-ring (bicyclic) bond motifs is 1. The average Bonchev–Trinajstić information content (AvgIpc) is 3.20. The molecule has 0 bridgehead atoms. The van der Waals surface area contributed by atoms with Gasteiger partial charge in [0.2, 0.25) is 0 Å². The fourth-order valence-electron chi connectivity index (χ4n) is 2.75. The summed E-state index contributed by atoms with van der Waals surface area (Å²) >= 11 is 0. The number of nitrogens with one attached hydrogen (secondary N) is 1. The molecule has 2 aromatic heterocycles. The summed E-state index contributed by atoms with van der Waals surface area (Å²) in [5.74, 6) is -0.632. The highest BCUT2D eigenvalue weighted by molar-refractivity contribution is 6.76. The van der Waals surface area contributed by atoms with Crippen LogP contribution in [0.15, 0.2) is 17.2 Å². The summed E-state index contributed by atoms with van der Waals surface area (Å²) in [5, 5.41) is 7.72. The van der Waals surface area contributed by atoms with Crippen LogP contribution in [0.4, 0.5) is 0 Å². The minimum Gasteiger partial charge on any atom is -0.365 e. The smallest absolute Gasteiger partial charge is 0.263 e. The van der Waals surface area contributed by atoms with Gasteiger partial charge in [0.15, 0.2) is 0 Å². The highest BCUT2D eigenvalue weighted by Crippen LogP contribution is 2.17. The molecule has 3 rings (SSSR count). The third kappa shape index (κ3) is 4.04. The van der Waals surface area contributed by atoms with Gasteiger partial charge in [-0.2, -0.15) is 5.10 Å². The Balaban J connectivity index is 1.89. The Morgan fingerprint density at radius 3 is 2.85 bits per heavy atom. The number of primary amides is 1. The first-order chi connectivity index (χ1) is 12.3. The Hall–Kier alpha value is -2.01. The molecule has 1 aliphatic rings. The van der Waals surface area contributed by atoms with Crippen LogP contribution >= 0.6 is 0 Å². The van der Waals surface area contributed by atoms with Crippen LogP contribution in [0.25, 0.3) is 10.9 Å². The van der Waals surface area contributed by atoms with E-state index in [1.807, 2.05) is 0 Å². The van der Waals surface area contributed by atoms with Crippen LogP contribution in [0.2, 0.25) is 25.7 Å². The monoisotopic (exact) mass is 379 g/mol. The lowest BCUT2D eigenvalue weighted by Gasteiger charge is -2.15. The van der Waals surface area contributed by atoms with Gasteiger partial charge in [0.1, 0.15) is 18.4 Å². The molecule has 142 valence electrons. The molecule has 1 saturated heterocycles. The molecular weight excluding hydrogens is 354 g/mol. The quantitative estimate of drug-likeness (QED) is 0.540. The molecule has 0 aromatic carbocycles. The molecule has 26 heavy (non-hydrogen) atoms. The molecular formula is C16H25N5O4Si. The lowest BCUT2D eigenvalue weighted by atomic mass is 10.2. The van der Waals surface area contributed by atoms with E-state index < -0.39 is 14.0 Å². The largest absolute Gasteiger partial charge is 0.365 e. The average molecular weight is 379 g/mol. The first-order valence-electron chi connectivity index (χ1n) is 8.57. The predicted octanol–water partition coefficient (Wildman–Crippen LogP) is 0.685. The lowest BCUT2D eigenvalue weighted by molar-refractivity contribution is 0.0790. The van der Waals surface area contributed by atoms with Gasteiger partial charge in [0.25, 0.3) is 11.5 Å². The molecule has 0 saturated carbocycles. The maximum absolute atomic E-state index is 12.8. The summed E-state index contributed by atoms with van der Waals surface area (Å²) in [6.07, 6.45) is 2.72. The number of hydrogen-bond acceptors (Lipinski definition) is 6. The first kappa shape index (κ1) is 18.8. The Bertz CT molecular complexity index is 864. The molecule has 0 aliphatic carbocycles. The van der Waals surface area contributed by atoms with Crippen LogP contribution in [0.1, 0.15) is 16.5 Å². The van der Waals surface area contributed by atoms with Crippen LogP contribution < -0.4 is 16.6 Å². The number of amides is 1.